The van der Waals surface area contributed by atoms with Crippen LogP contribution in [0.2, 0.25) is 0 Å². The first kappa shape index (κ1) is 19.6. The van der Waals surface area contributed by atoms with Crippen LogP contribution in [0, 0.1) is 8.99 Å². The monoisotopic (exact) mass is 527 g/mol. The molecule has 1 N–H and O–H groups in total. The predicted molar refractivity (Wildman–Crippen MR) is 130 cm³/mol. The minimum Gasteiger partial charge on any atom is -0.371 e. The minimum atomic E-state index is -0.145. The van der Waals surface area contributed by atoms with Gasteiger partial charge in [0, 0.05) is 35.0 Å². The van der Waals surface area contributed by atoms with E-state index in [0.717, 1.165) is 57.6 Å². The lowest BCUT2D eigenvalue weighted by Crippen LogP contribution is -2.35. The van der Waals surface area contributed by atoms with Crippen molar-refractivity contribution in [3.63, 3.8) is 0 Å². The summed E-state index contributed by atoms with van der Waals surface area (Å²) < 4.78 is 1.14. The van der Waals surface area contributed by atoms with Crippen molar-refractivity contribution in [3.8, 4) is 0 Å². The summed E-state index contributed by atoms with van der Waals surface area (Å²) in [5.41, 5.74) is 4.82. The fourth-order valence-electron chi connectivity index (χ4n) is 5.53. The zero-order valence-electron chi connectivity index (χ0n) is 17.7. The predicted octanol–water partition coefficient (Wildman–Crippen LogP) is 5.00. The van der Waals surface area contributed by atoms with E-state index in [4.69, 9.17) is 0 Å². The summed E-state index contributed by atoms with van der Waals surface area (Å²) in [5, 5.41) is 3.11. The number of halogens is 1. The number of anilines is 2. The number of rotatable bonds is 3. The maximum atomic E-state index is 13.3. The summed E-state index contributed by atoms with van der Waals surface area (Å²) in [6.07, 6.45) is 7.20. The normalized spacial score (nSPS) is 22.1. The maximum absolute atomic E-state index is 13.3. The summed E-state index contributed by atoms with van der Waals surface area (Å²) in [5.74, 6) is 0.00409. The highest BCUT2D eigenvalue weighted by atomic mass is 127. The molecular formula is C25H26IN3O2. The van der Waals surface area contributed by atoms with Gasteiger partial charge in [0.25, 0.3) is 11.8 Å². The molecular weight excluding hydrogens is 501 g/mol. The van der Waals surface area contributed by atoms with E-state index >= 15 is 0 Å². The Hall–Kier alpha value is -2.09. The van der Waals surface area contributed by atoms with E-state index in [-0.39, 0.29) is 17.4 Å². The third kappa shape index (κ3) is 3.09. The molecule has 2 heterocycles. The van der Waals surface area contributed by atoms with Gasteiger partial charge in [-0.1, -0.05) is 0 Å². The van der Waals surface area contributed by atoms with Crippen LogP contribution in [-0.2, 0) is 5.54 Å². The van der Waals surface area contributed by atoms with Gasteiger partial charge in [0.15, 0.2) is 0 Å². The first-order chi connectivity index (χ1) is 14.9. The number of hydrogen-bond acceptors (Lipinski definition) is 3. The maximum Gasteiger partial charge on any atom is 0.257 e. The van der Waals surface area contributed by atoms with E-state index in [9.17, 15) is 9.59 Å². The van der Waals surface area contributed by atoms with Gasteiger partial charge in [-0.15, -0.1) is 0 Å². The highest BCUT2D eigenvalue weighted by Crippen LogP contribution is 2.56. The fraction of sp³-hybridized carbons (Fsp3) is 0.440. The van der Waals surface area contributed by atoms with E-state index in [2.05, 4.69) is 38.9 Å². The second kappa shape index (κ2) is 6.70. The zero-order chi connectivity index (χ0) is 21.4. The van der Waals surface area contributed by atoms with Gasteiger partial charge < -0.3 is 15.1 Å². The van der Waals surface area contributed by atoms with Crippen molar-refractivity contribution in [2.45, 2.75) is 44.1 Å². The number of piperidine rings is 1. The molecule has 2 aliphatic carbocycles. The number of carbonyl (C=O) groups excluding carboxylic acids is 2. The third-order valence-electron chi connectivity index (χ3n) is 8.01. The molecule has 1 saturated heterocycles. The minimum absolute atomic E-state index is 0.0828. The average molecular weight is 527 g/mol. The highest BCUT2D eigenvalue weighted by Gasteiger charge is 2.56. The first-order valence-corrected chi connectivity index (χ1v) is 12.3. The molecule has 0 bridgehead atoms. The Morgan fingerprint density at radius 3 is 2.42 bits per heavy atom. The van der Waals surface area contributed by atoms with Crippen molar-refractivity contribution in [2.24, 2.45) is 5.41 Å². The topological polar surface area (TPSA) is 52.7 Å². The van der Waals surface area contributed by atoms with Gasteiger partial charge in [-0.05, 0) is 108 Å². The van der Waals surface area contributed by atoms with E-state index in [1.807, 2.05) is 42.3 Å². The van der Waals surface area contributed by atoms with Crippen molar-refractivity contribution in [2.75, 3.05) is 30.4 Å². The molecule has 160 valence electrons. The first-order valence-electron chi connectivity index (χ1n) is 11.2. The summed E-state index contributed by atoms with van der Waals surface area (Å²) in [7, 11) is 1.88. The van der Waals surface area contributed by atoms with Gasteiger partial charge in [0.1, 0.15) is 0 Å². The fourth-order valence-corrected chi connectivity index (χ4v) is 6.00. The molecule has 0 atom stereocenters. The van der Waals surface area contributed by atoms with E-state index < -0.39 is 0 Å². The van der Waals surface area contributed by atoms with Gasteiger partial charge >= 0.3 is 0 Å². The number of nitrogens with one attached hydrogen (secondary N) is 1. The van der Waals surface area contributed by atoms with Crippen molar-refractivity contribution >= 4 is 45.8 Å². The highest BCUT2D eigenvalue weighted by molar-refractivity contribution is 14.1. The van der Waals surface area contributed by atoms with Crippen LogP contribution in [0.3, 0.4) is 0 Å². The molecule has 2 spiro atoms. The number of fused-ring (bicyclic) bond motifs is 2. The van der Waals surface area contributed by atoms with Crippen molar-refractivity contribution in [3.05, 3.63) is 56.7 Å². The van der Waals surface area contributed by atoms with Crippen molar-refractivity contribution in [1.29, 1.82) is 0 Å². The van der Waals surface area contributed by atoms with Crippen LogP contribution in [0.5, 0.6) is 0 Å². The van der Waals surface area contributed by atoms with Gasteiger partial charge in [0.2, 0.25) is 0 Å². The molecule has 0 unspecified atom stereocenters. The molecule has 6 rings (SSSR count). The molecule has 2 amide bonds. The van der Waals surface area contributed by atoms with E-state index in [1.54, 1.807) is 0 Å². The Balaban J connectivity index is 1.27. The molecule has 2 aliphatic heterocycles. The standard InChI is InChI=1S/C25H26IN3O2/c1-28-23(31)18-5-3-17(15-20(18)25(28)8-9-25)27-22(30)19-4-2-16(26)14-21(19)29-12-10-24(6-7-24)11-13-29/h2-5,14-15H,6-13H2,1H3,(H,27,30). The Bertz CT molecular complexity index is 1110. The second-order valence-corrected chi connectivity index (χ2v) is 11.0. The second-order valence-electron chi connectivity index (χ2n) is 9.76. The number of benzene rings is 2. The Morgan fingerprint density at radius 1 is 1.00 bits per heavy atom. The Kier molecular flexibility index (Phi) is 4.23. The third-order valence-corrected chi connectivity index (χ3v) is 8.68. The lowest BCUT2D eigenvalue weighted by Gasteiger charge is -2.35. The summed E-state index contributed by atoms with van der Waals surface area (Å²) in [6.45, 7) is 2.05. The summed E-state index contributed by atoms with van der Waals surface area (Å²) in [4.78, 5) is 30.1. The number of amides is 2. The number of carbonyl (C=O) groups is 2. The van der Waals surface area contributed by atoms with E-state index in [1.165, 1.54) is 25.7 Å². The number of hydrogen-bond donors (Lipinski definition) is 1. The Morgan fingerprint density at radius 2 is 1.74 bits per heavy atom. The van der Waals surface area contributed by atoms with Crippen LogP contribution in [0.15, 0.2) is 36.4 Å². The van der Waals surface area contributed by atoms with Crippen molar-refractivity contribution < 1.29 is 9.59 Å². The Labute approximate surface area is 196 Å². The summed E-state index contributed by atoms with van der Waals surface area (Å²) >= 11 is 2.32. The number of nitrogens with zero attached hydrogens (tertiary/aromatic N) is 2. The molecule has 6 heteroatoms. The van der Waals surface area contributed by atoms with E-state index in [0.29, 0.717) is 5.41 Å². The van der Waals surface area contributed by atoms with Crippen LogP contribution in [-0.4, -0.2) is 36.9 Å². The van der Waals surface area contributed by atoms with Gasteiger partial charge in [-0.3, -0.25) is 9.59 Å². The largest absolute Gasteiger partial charge is 0.371 e. The van der Waals surface area contributed by atoms with Crippen LogP contribution in [0.4, 0.5) is 11.4 Å². The van der Waals surface area contributed by atoms with Crippen LogP contribution in [0.1, 0.15) is 64.8 Å². The molecule has 2 aromatic rings. The van der Waals surface area contributed by atoms with Crippen molar-refractivity contribution in [1.82, 2.24) is 4.90 Å². The zero-order valence-corrected chi connectivity index (χ0v) is 19.9. The molecule has 2 saturated carbocycles. The lowest BCUT2D eigenvalue weighted by atomic mass is 9.93. The molecule has 4 aliphatic rings. The smallest absolute Gasteiger partial charge is 0.257 e. The molecule has 3 fully saturated rings. The van der Waals surface area contributed by atoms with Gasteiger partial charge in [0.05, 0.1) is 16.8 Å². The average Bonchev–Trinajstić information content (AvgIpc) is 3.69. The van der Waals surface area contributed by atoms with Crippen LogP contribution in [0.25, 0.3) is 0 Å². The molecule has 0 radical (unpaired) electrons. The summed E-state index contributed by atoms with van der Waals surface area (Å²) in [6, 6.07) is 11.8. The SMILES string of the molecule is CN1C(=O)c2ccc(NC(=O)c3ccc(I)cc3N3CCC4(CC3)CC4)cc2C12CC2. The molecule has 0 aromatic heterocycles. The quantitative estimate of drug-likeness (QED) is 0.572. The van der Waals surface area contributed by atoms with Gasteiger partial charge in [-0.2, -0.15) is 0 Å². The molecule has 5 nitrogen and oxygen atoms in total. The lowest BCUT2D eigenvalue weighted by molar-refractivity contribution is 0.0755. The van der Waals surface area contributed by atoms with Crippen LogP contribution < -0.4 is 10.2 Å². The van der Waals surface area contributed by atoms with Gasteiger partial charge in [-0.25, -0.2) is 0 Å². The molecule has 31 heavy (non-hydrogen) atoms. The molecule has 2 aromatic carbocycles. The van der Waals surface area contributed by atoms with Crippen LogP contribution >= 0.6 is 22.6 Å².